The lowest BCUT2D eigenvalue weighted by Gasteiger charge is -2.26. The standard InChI is InChI=1S/C15H21N5O2S/c1-11-12(2)23-15(19-11)18-10-13(9-16)14(21)17-3-4-20-5-7-22-8-6-20/h10H,3-8H2,1-2H3,(H,17,21)(H,18,19)/b13-10-. The average molecular weight is 335 g/mol. The second-order valence-electron chi connectivity index (χ2n) is 5.18. The zero-order chi connectivity index (χ0) is 16.7. The summed E-state index contributed by atoms with van der Waals surface area (Å²) in [6, 6.07) is 1.91. The van der Waals surface area contributed by atoms with Crippen molar-refractivity contribution < 1.29 is 9.53 Å². The maximum Gasteiger partial charge on any atom is 0.263 e. The molecule has 0 spiro atoms. The Morgan fingerprint density at radius 2 is 2.22 bits per heavy atom. The molecule has 0 aliphatic carbocycles. The van der Waals surface area contributed by atoms with Crippen LogP contribution in [0.3, 0.4) is 0 Å². The molecule has 0 saturated carbocycles. The first kappa shape index (κ1) is 17.4. The monoisotopic (exact) mass is 335 g/mol. The Bertz CT molecular complexity index is 594. The summed E-state index contributed by atoms with van der Waals surface area (Å²) < 4.78 is 5.27. The molecule has 1 aliphatic heterocycles. The molecule has 1 aromatic heterocycles. The van der Waals surface area contributed by atoms with E-state index in [-0.39, 0.29) is 11.5 Å². The van der Waals surface area contributed by atoms with Gasteiger partial charge in [0.1, 0.15) is 11.6 Å². The number of rotatable bonds is 6. The van der Waals surface area contributed by atoms with Crippen LogP contribution in [0.5, 0.6) is 0 Å². The van der Waals surface area contributed by atoms with Crippen LogP contribution < -0.4 is 10.6 Å². The van der Waals surface area contributed by atoms with Crippen LogP contribution in [-0.4, -0.2) is 55.2 Å². The van der Waals surface area contributed by atoms with Gasteiger partial charge in [-0.1, -0.05) is 0 Å². The minimum atomic E-state index is -0.377. The predicted molar refractivity (Wildman–Crippen MR) is 89.2 cm³/mol. The van der Waals surface area contributed by atoms with Crippen LogP contribution in [0, 0.1) is 25.2 Å². The van der Waals surface area contributed by atoms with Gasteiger partial charge < -0.3 is 15.4 Å². The number of amides is 1. The number of aromatic nitrogens is 1. The molecule has 2 rings (SSSR count). The van der Waals surface area contributed by atoms with Crippen molar-refractivity contribution in [2.24, 2.45) is 0 Å². The Labute approximate surface area is 140 Å². The van der Waals surface area contributed by atoms with E-state index in [4.69, 9.17) is 10.00 Å². The number of morpholine rings is 1. The second-order valence-corrected chi connectivity index (χ2v) is 6.39. The van der Waals surface area contributed by atoms with E-state index < -0.39 is 0 Å². The van der Waals surface area contributed by atoms with Crippen molar-refractivity contribution in [3.63, 3.8) is 0 Å². The fourth-order valence-corrected chi connectivity index (χ4v) is 2.85. The zero-order valence-electron chi connectivity index (χ0n) is 13.4. The zero-order valence-corrected chi connectivity index (χ0v) is 14.2. The van der Waals surface area contributed by atoms with Crippen molar-refractivity contribution in [1.29, 1.82) is 5.26 Å². The van der Waals surface area contributed by atoms with Gasteiger partial charge >= 0.3 is 0 Å². The number of hydrogen-bond acceptors (Lipinski definition) is 7. The number of aryl methyl sites for hydroxylation is 2. The van der Waals surface area contributed by atoms with Gasteiger partial charge in [0.2, 0.25) is 0 Å². The van der Waals surface area contributed by atoms with E-state index in [0.29, 0.717) is 11.7 Å². The van der Waals surface area contributed by atoms with Crippen molar-refractivity contribution in [3.8, 4) is 6.07 Å². The summed E-state index contributed by atoms with van der Waals surface area (Å²) in [4.78, 5) is 19.6. The van der Waals surface area contributed by atoms with Crippen molar-refractivity contribution in [3.05, 3.63) is 22.3 Å². The van der Waals surface area contributed by atoms with Crippen LogP contribution in [-0.2, 0) is 9.53 Å². The third-order valence-electron chi connectivity index (χ3n) is 3.55. The van der Waals surface area contributed by atoms with Crippen LogP contribution in [0.15, 0.2) is 11.8 Å². The SMILES string of the molecule is Cc1nc(N/C=C(/C#N)C(=O)NCCN2CCOCC2)sc1C. The Kier molecular flexibility index (Phi) is 6.52. The maximum absolute atomic E-state index is 12.0. The molecule has 1 saturated heterocycles. The lowest BCUT2D eigenvalue weighted by molar-refractivity contribution is -0.117. The number of nitriles is 1. The summed E-state index contributed by atoms with van der Waals surface area (Å²) in [7, 11) is 0. The number of hydrogen-bond donors (Lipinski definition) is 2. The lowest BCUT2D eigenvalue weighted by Crippen LogP contribution is -2.41. The smallest absolute Gasteiger partial charge is 0.263 e. The van der Waals surface area contributed by atoms with E-state index >= 15 is 0 Å². The third kappa shape index (κ3) is 5.32. The van der Waals surface area contributed by atoms with Crippen LogP contribution in [0.25, 0.3) is 0 Å². The highest BCUT2D eigenvalue weighted by molar-refractivity contribution is 7.15. The van der Waals surface area contributed by atoms with E-state index in [1.807, 2.05) is 19.9 Å². The molecule has 0 radical (unpaired) electrons. The van der Waals surface area contributed by atoms with Gasteiger partial charge in [-0.3, -0.25) is 9.69 Å². The molecule has 0 unspecified atom stereocenters. The highest BCUT2D eigenvalue weighted by Gasteiger charge is 2.12. The Balaban J connectivity index is 1.80. The van der Waals surface area contributed by atoms with Crippen molar-refractivity contribution in [1.82, 2.24) is 15.2 Å². The van der Waals surface area contributed by atoms with E-state index in [1.165, 1.54) is 17.5 Å². The second kappa shape index (κ2) is 8.62. The molecule has 2 N–H and O–H groups in total. The predicted octanol–water partition coefficient (Wildman–Crippen LogP) is 1.03. The van der Waals surface area contributed by atoms with Crippen molar-refractivity contribution in [2.75, 3.05) is 44.7 Å². The summed E-state index contributed by atoms with van der Waals surface area (Å²) in [6.45, 7) is 8.37. The van der Waals surface area contributed by atoms with Gasteiger partial charge in [0.05, 0.1) is 18.9 Å². The normalized spacial score (nSPS) is 16.0. The van der Waals surface area contributed by atoms with Crippen LogP contribution >= 0.6 is 11.3 Å². The first-order valence-electron chi connectivity index (χ1n) is 7.49. The van der Waals surface area contributed by atoms with Gasteiger partial charge in [-0.25, -0.2) is 4.98 Å². The molecule has 2 heterocycles. The summed E-state index contributed by atoms with van der Waals surface area (Å²) in [5.41, 5.74) is 0.983. The van der Waals surface area contributed by atoms with Gasteiger partial charge in [-0.2, -0.15) is 5.26 Å². The minimum absolute atomic E-state index is 0.0393. The summed E-state index contributed by atoms with van der Waals surface area (Å²) in [5.74, 6) is -0.377. The number of carbonyl (C=O) groups is 1. The molecule has 0 aromatic carbocycles. The molecule has 0 bridgehead atoms. The molecule has 1 fully saturated rings. The number of carbonyl (C=O) groups excluding carboxylic acids is 1. The van der Waals surface area contributed by atoms with Gasteiger partial charge in [0.15, 0.2) is 5.13 Å². The fourth-order valence-electron chi connectivity index (χ4n) is 2.06. The summed E-state index contributed by atoms with van der Waals surface area (Å²) in [5, 5.41) is 15.5. The first-order valence-corrected chi connectivity index (χ1v) is 8.31. The van der Waals surface area contributed by atoms with E-state index in [9.17, 15) is 4.79 Å². The fraction of sp³-hybridized carbons (Fsp3) is 0.533. The van der Waals surface area contributed by atoms with Crippen LogP contribution in [0.1, 0.15) is 10.6 Å². The summed E-state index contributed by atoms with van der Waals surface area (Å²) >= 11 is 1.49. The topological polar surface area (TPSA) is 90.3 Å². The first-order chi connectivity index (χ1) is 11.1. The molecule has 0 atom stereocenters. The largest absolute Gasteiger partial charge is 0.379 e. The molecule has 8 heteroatoms. The molecule has 7 nitrogen and oxygen atoms in total. The van der Waals surface area contributed by atoms with E-state index in [0.717, 1.165) is 43.4 Å². The number of thiazole rings is 1. The van der Waals surface area contributed by atoms with Gasteiger partial charge in [-0.15, -0.1) is 11.3 Å². The quantitative estimate of drug-likeness (QED) is 0.596. The van der Waals surface area contributed by atoms with Gasteiger partial charge in [0, 0.05) is 37.3 Å². The third-order valence-corrected chi connectivity index (χ3v) is 4.55. The molecule has 23 heavy (non-hydrogen) atoms. The number of nitrogens with one attached hydrogen (secondary N) is 2. The molecule has 1 aromatic rings. The number of ether oxygens (including phenoxy) is 1. The lowest BCUT2D eigenvalue weighted by atomic mass is 10.3. The maximum atomic E-state index is 12.0. The average Bonchev–Trinajstić information content (AvgIpc) is 2.87. The minimum Gasteiger partial charge on any atom is -0.379 e. The highest BCUT2D eigenvalue weighted by atomic mass is 32.1. The molecular formula is C15H21N5O2S. The summed E-state index contributed by atoms with van der Waals surface area (Å²) in [6.07, 6.45) is 1.40. The molecule has 1 amide bonds. The van der Waals surface area contributed by atoms with Crippen LogP contribution in [0.4, 0.5) is 5.13 Å². The Hall–Kier alpha value is -1.95. The number of anilines is 1. The number of nitrogens with zero attached hydrogens (tertiary/aromatic N) is 3. The Morgan fingerprint density at radius 3 is 2.83 bits per heavy atom. The van der Waals surface area contributed by atoms with Crippen LogP contribution in [0.2, 0.25) is 0 Å². The van der Waals surface area contributed by atoms with Crippen molar-refractivity contribution in [2.45, 2.75) is 13.8 Å². The van der Waals surface area contributed by atoms with Gasteiger partial charge in [-0.05, 0) is 13.8 Å². The van der Waals surface area contributed by atoms with Gasteiger partial charge in [0.25, 0.3) is 5.91 Å². The molecule has 1 aliphatic rings. The van der Waals surface area contributed by atoms with E-state index in [2.05, 4.69) is 20.5 Å². The molecule has 124 valence electrons. The van der Waals surface area contributed by atoms with Crippen molar-refractivity contribution >= 4 is 22.4 Å². The van der Waals surface area contributed by atoms with E-state index in [1.54, 1.807) is 0 Å². The molecular weight excluding hydrogens is 314 g/mol. The highest BCUT2D eigenvalue weighted by Crippen LogP contribution is 2.21. The Morgan fingerprint density at radius 1 is 1.48 bits per heavy atom.